The third-order valence-electron chi connectivity index (χ3n) is 3.49. The highest BCUT2D eigenvalue weighted by molar-refractivity contribution is 6.10. The van der Waals surface area contributed by atoms with Crippen LogP contribution in [0.2, 0.25) is 0 Å². The van der Waals surface area contributed by atoms with Crippen molar-refractivity contribution in [3.8, 4) is 17.6 Å². The maximum atomic E-state index is 12.4. The van der Waals surface area contributed by atoms with Crippen LogP contribution >= 0.6 is 0 Å². The van der Waals surface area contributed by atoms with E-state index in [2.05, 4.69) is 5.32 Å². The predicted octanol–water partition coefficient (Wildman–Crippen LogP) is 3.56. The summed E-state index contributed by atoms with van der Waals surface area (Å²) in [6, 6.07) is 14.6. The van der Waals surface area contributed by atoms with Gasteiger partial charge in [-0.25, -0.2) is 0 Å². The van der Waals surface area contributed by atoms with Crippen LogP contribution in [0.1, 0.15) is 11.1 Å². The SMILES string of the molecule is COc1cccc(/C=C(\C#N)C(=O)Nc2ccccc2C)c1OC. The number of ether oxygens (including phenoxy) is 2. The maximum Gasteiger partial charge on any atom is 0.266 e. The molecule has 0 aromatic heterocycles. The van der Waals surface area contributed by atoms with E-state index in [0.29, 0.717) is 22.7 Å². The summed E-state index contributed by atoms with van der Waals surface area (Å²) in [4.78, 5) is 12.4. The van der Waals surface area contributed by atoms with E-state index in [0.717, 1.165) is 5.56 Å². The van der Waals surface area contributed by atoms with Crippen LogP contribution in [-0.4, -0.2) is 20.1 Å². The van der Waals surface area contributed by atoms with Crippen molar-refractivity contribution in [1.29, 1.82) is 5.26 Å². The molecule has 0 unspecified atom stereocenters. The van der Waals surface area contributed by atoms with Gasteiger partial charge in [0, 0.05) is 11.3 Å². The molecule has 0 saturated carbocycles. The highest BCUT2D eigenvalue weighted by Gasteiger charge is 2.14. The van der Waals surface area contributed by atoms with E-state index >= 15 is 0 Å². The second-order valence-corrected chi connectivity index (χ2v) is 5.02. The van der Waals surface area contributed by atoms with Crippen LogP contribution < -0.4 is 14.8 Å². The number of nitrogens with one attached hydrogen (secondary N) is 1. The maximum absolute atomic E-state index is 12.4. The summed E-state index contributed by atoms with van der Waals surface area (Å²) in [6.45, 7) is 1.89. The number of hydrogen-bond donors (Lipinski definition) is 1. The van der Waals surface area contributed by atoms with Gasteiger partial charge in [-0.3, -0.25) is 4.79 Å². The zero-order chi connectivity index (χ0) is 17.5. The molecule has 0 bridgehead atoms. The van der Waals surface area contributed by atoms with Crippen LogP contribution in [0.15, 0.2) is 48.0 Å². The Morgan fingerprint density at radius 2 is 1.88 bits per heavy atom. The minimum atomic E-state index is -0.475. The van der Waals surface area contributed by atoms with Gasteiger partial charge < -0.3 is 14.8 Å². The molecule has 5 heteroatoms. The van der Waals surface area contributed by atoms with Crippen molar-refractivity contribution in [2.75, 3.05) is 19.5 Å². The first-order valence-corrected chi connectivity index (χ1v) is 7.30. The first-order valence-electron chi connectivity index (χ1n) is 7.30. The summed E-state index contributed by atoms with van der Waals surface area (Å²) in [5.74, 6) is 0.524. The van der Waals surface area contributed by atoms with Gasteiger partial charge in [0.2, 0.25) is 0 Å². The molecule has 2 aromatic carbocycles. The molecular formula is C19H18N2O3. The van der Waals surface area contributed by atoms with Gasteiger partial charge in [0.25, 0.3) is 5.91 Å². The minimum absolute atomic E-state index is 0.0233. The summed E-state index contributed by atoms with van der Waals surface area (Å²) < 4.78 is 10.5. The molecule has 0 saturated heterocycles. The van der Waals surface area contributed by atoms with E-state index in [1.165, 1.54) is 20.3 Å². The van der Waals surface area contributed by atoms with Crippen molar-refractivity contribution in [1.82, 2.24) is 0 Å². The molecule has 0 fully saturated rings. The van der Waals surface area contributed by atoms with Crippen LogP contribution in [0.25, 0.3) is 6.08 Å². The van der Waals surface area contributed by atoms with E-state index in [-0.39, 0.29) is 5.57 Å². The fraction of sp³-hybridized carbons (Fsp3) is 0.158. The van der Waals surface area contributed by atoms with Crippen LogP contribution in [0, 0.1) is 18.3 Å². The first-order chi connectivity index (χ1) is 11.6. The third-order valence-corrected chi connectivity index (χ3v) is 3.49. The Morgan fingerprint density at radius 3 is 2.50 bits per heavy atom. The van der Waals surface area contributed by atoms with Crippen molar-refractivity contribution in [3.63, 3.8) is 0 Å². The zero-order valence-electron chi connectivity index (χ0n) is 13.8. The van der Waals surface area contributed by atoms with E-state index in [1.807, 2.05) is 31.2 Å². The van der Waals surface area contributed by atoms with Gasteiger partial charge in [-0.2, -0.15) is 5.26 Å². The molecule has 0 atom stereocenters. The summed E-state index contributed by atoms with van der Waals surface area (Å²) in [7, 11) is 3.04. The molecule has 0 aliphatic rings. The van der Waals surface area contributed by atoms with Crippen molar-refractivity contribution in [2.45, 2.75) is 6.92 Å². The Balaban J connectivity index is 2.35. The van der Waals surface area contributed by atoms with Gasteiger partial charge in [0.15, 0.2) is 11.5 Å². The average Bonchev–Trinajstić information content (AvgIpc) is 2.60. The minimum Gasteiger partial charge on any atom is -0.493 e. The van der Waals surface area contributed by atoms with E-state index in [4.69, 9.17) is 9.47 Å². The highest BCUT2D eigenvalue weighted by Crippen LogP contribution is 2.32. The number of nitrogens with zero attached hydrogens (tertiary/aromatic N) is 1. The van der Waals surface area contributed by atoms with Gasteiger partial charge in [-0.05, 0) is 30.7 Å². The number of nitriles is 1. The number of carbonyl (C=O) groups excluding carboxylic acids is 1. The number of methoxy groups -OCH3 is 2. The average molecular weight is 322 g/mol. The van der Waals surface area contributed by atoms with Gasteiger partial charge >= 0.3 is 0 Å². The molecular weight excluding hydrogens is 304 g/mol. The molecule has 122 valence electrons. The lowest BCUT2D eigenvalue weighted by molar-refractivity contribution is -0.112. The Labute approximate surface area is 141 Å². The standard InChI is InChI=1S/C19H18N2O3/c1-13-7-4-5-9-16(13)21-19(22)15(12-20)11-14-8-6-10-17(23-2)18(14)24-3/h4-11H,1-3H3,(H,21,22)/b15-11+. The first kappa shape index (κ1) is 17.1. The van der Waals surface area contributed by atoms with Gasteiger partial charge in [0.1, 0.15) is 11.6 Å². The number of anilines is 1. The van der Waals surface area contributed by atoms with Crippen LogP contribution in [0.5, 0.6) is 11.5 Å². The molecule has 0 spiro atoms. The smallest absolute Gasteiger partial charge is 0.266 e. The molecule has 0 aliphatic carbocycles. The monoisotopic (exact) mass is 322 g/mol. The number of carbonyl (C=O) groups is 1. The molecule has 24 heavy (non-hydrogen) atoms. The van der Waals surface area contributed by atoms with Crippen molar-refractivity contribution >= 4 is 17.7 Å². The van der Waals surface area contributed by atoms with Crippen molar-refractivity contribution in [2.24, 2.45) is 0 Å². The second kappa shape index (κ2) is 7.84. The number of rotatable bonds is 5. The Morgan fingerprint density at radius 1 is 1.12 bits per heavy atom. The largest absolute Gasteiger partial charge is 0.493 e. The molecule has 0 aliphatic heterocycles. The van der Waals surface area contributed by atoms with Crippen molar-refractivity contribution < 1.29 is 14.3 Å². The number of aryl methyl sites for hydroxylation is 1. The lowest BCUT2D eigenvalue weighted by atomic mass is 10.1. The fourth-order valence-electron chi connectivity index (χ4n) is 2.23. The van der Waals surface area contributed by atoms with Gasteiger partial charge in [0.05, 0.1) is 14.2 Å². The van der Waals surface area contributed by atoms with Crippen molar-refractivity contribution in [3.05, 3.63) is 59.2 Å². The molecule has 2 rings (SSSR count). The van der Waals surface area contributed by atoms with Gasteiger partial charge in [-0.1, -0.05) is 30.3 Å². The molecule has 5 nitrogen and oxygen atoms in total. The quantitative estimate of drug-likeness (QED) is 0.675. The van der Waals surface area contributed by atoms with Gasteiger partial charge in [-0.15, -0.1) is 0 Å². The van der Waals surface area contributed by atoms with E-state index in [1.54, 1.807) is 24.3 Å². The molecule has 2 aromatic rings. The highest BCUT2D eigenvalue weighted by atomic mass is 16.5. The summed E-state index contributed by atoms with van der Waals surface area (Å²) in [5, 5.41) is 12.1. The summed E-state index contributed by atoms with van der Waals surface area (Å²) >= 11 is 0. The number of amides is 1. The number of para-hydroxylation sites is 2. The molecule has 0 radical (unpaired) electrons. The topological polar surface area (TPSA) is 71.3 Å². The van der Waals surface area contributed by atoms with Crippen LogP contribution in [0.4, 0.5) is 5.69 Å². The normalized spacial score (nSPS) is 10.7. The second-order valence-electron chi connectivity index (χ2n) is 5.02. The predicted molar refractivity (Wildman–Crippen MR) is 92.9 cm³/mol. The van der Waals surface area contributed by atoms with E-state index < -0.39 is 5.91 Å². The number of benzene rings is 2. The summed E-state index contributed by atoms with van der Waals surface area (Å²) in [5.41, 5.74) is 2.15. The fourth-order valence-corrected chi connectivity index (χ4v) is 2.23. The Hall–Kier alpha value is -3.26. The Bertz CT molecular complexity index is 820. The molecule has 0 heterocycles. The zero-order valence-corrected chi connectivity index (χ0v) is 13.8. The molecule has 1 amide bonds. The molecule has 1 N–H and O–H groups in total. The van der Waals surface area contributed by atoms with E-state index in [9.17, 15) is 10.1 Å². The van der Waals surface area contributed by atoms with Crippen LogP contribution in [-0.2, 0) is 4.79 Å². The lowest BCUT2D eigenvalue weighted by Gasteiger charge is -2.11. The summed E-state index contributed by atoms with van der Waals surface area (Å²) in [6.07, 6.45) is 1.48. The third kappa shape index (κ3) is 3.73. The number of hydrogen-bond acceptors (Lipinski definition) is 4. The lowest BCUT2D eigenvalue weighted by Crippen LogP contribution is -2.14. The van der Waals surface area contributed by atoms with Crippen LogP contribution in [0.3, 0.4) is 0 Å². The Kier molecular flexibility index (Phi) is 5.58.